The molecule has 2 aliphatic rings. The molecule has 2 fully saturated rings. The standard InChI is InChI=1S/C21H30N2O5/c1-2-27-12-11-23-18(13-28-14-19(23)24)20(25)15-7-9-17(10-8-15)22-21(26)16-5-3-4-6-16/h7-10,16,18,20,25H,2-6,11-14H2,1H3,(H,22,26). The number of rotatable bonds is 8. The van der Waals surface area contributed by atoms with Crippen LogP contribution in [0, 0.1) is 5.92 Å². The molecule has 3 rings (SSSR count). The summed E-state index contributed by atoms with van der Waals surface area (Å²) in [5.74, 6) is 0.0317. The van der Waals surface area contributed by atoms with E-state index in [0.717, 1.165) is 31.4 Å². The predicted molar refractivity (Wildman–Crippen MR) is 105 cm³/mol. The smallest absolute Gasteiger partial charge is 0.249 e. The van der Waals surface area contributed by atoms with E-state index in [1.807, 2.05) is 6.92 Å². The summed E-state index contributed by atoms with van der Waals surface area (Å²) in [6, 6.07) is 6.70. The fourth-order valence-corrected chi connectivity index (χ4v) is 3.90. The van der Waals surface area contributed by atoms with Gasteiger partial charge >= 0.3 is 0 Å². The molecule has 28 heavy (non-hydrogen) atoms. The Morgan fingerprint density at radius 3 is 2.71 bits per heavy atom. The molecule has 2 atom stereocenters. The molecule has 0 radical (unpaired) electrons. The van der Waals surface area contributed by atoms with Gasteiger partial charge in [0.15, 0.2) is 0 Å². The minimum atomic E-state index is -0.870. The third-order valence-electron chi connectivity index (χ3n) is 5.53. The molecular weight excluding hydrogens is 360 g/mol. The van der Waals surface area contributed by atoms with E-state index in [4.69, 9.17) is 9.47 Å². The second kappa shape index (κ2) is 10.0. The summed E-state index contributed by atoms with van der Waals surface area (Å²) >= 11 is 0. The molecule has 0 spiro atoms. The number of hydrogen-bond acceptors (Lipinski definition) is 5. The van der Waals surface area contributed by atoms with Crippen LogP contribution in [0.1, 0.15) is 44.3 Å². The van der Waals surface area contributed by atoms with E-state index in [1.54, 1.807) is 29.2 Å². The van der Waals surface area contributed by atoms with Crippen LogP contribution in [0.3, 0.4) is 0 Å². The van der Waals surface area contributed by atoms with Crippen molar-refractivity contribution in [2.24, 2.45) is 5.92 Å². The van der Waals surface area contributed by atoms with Crippen molar-refractivity contribution in [1.29, 1.82) is 0 Å². The lowest BCUT2D eigenvalue weighted by Crippen LogP contribution is -2.53. The number of aliphatic hydroxyl groups is 1. The molecule has 1 heterocycles. The molecule has 1 saturated heterocycles. The Bertz CT molecular complexity index is 657. The highest BCUT2D eigenvalue weighted by Gasteiger charge is 2.34. The monoisotopic (exact) mass is 390 g/mol. The summed E-state index contributed by atoms with van der Waals surface area (Å²) in [5, 5.41) is 13.8. The highest BCUT2D eigenvalue weighted by molar-refractivity contribution is 5.92. The van der Waals surface area contributed by atoms with Crippen LogP contribution in [0.2, 0.25) is 0 Å². The Hall–Kier alpha value is -1.96. The normalized spacial score (nSPS) is 21.7. The molecule has 7 heteroatoms. The van der Waals surface area contributed by atoms with E-state index in [9.17, 15) is 14.7 Å². The number of carbonyl (C=O) groups is 2. The molecular formula is C21H30N2O5. The van der Waals surface area contributed by atoms with E-state index < -0.39 is 12.1 Å². The summed E-state index contributed by atoms with van der Waals surface area (Å²) in [6.07, 6.45) is 3.27. The average Bonchev–Trinajstić information content (AvgIpc) is 3.24. The zero-order valence-corrected chi connectivity index (χ0v) is 16.4. The molecule has 1 aromatic carbocycles. The van der Waals surface area contributed by atoms with Gasteiger partial charge in [-0.25, -0.2) is 0 Å². The van der Waals surface area contributed by atoms with Gasteiger partial charge in [-0.05, 0) is 37.5 Å². The first kappa shape index (κ1) is 20.8. The number of aliphatic hydroxyl groups excluding tert-OH is 1. The largest absolute Gasteiger partial charge is 0.386 e. The van der Waals surface area contributed by atoms with Crippen LogP contribution in [0.4, 0.5) is 5.69 Å². The Balaban J connectivity index is 1.62. The fraction of sp³-hybridized carbons (Fsp3) is 0.619. The zero-order valence-electron chi connectivity index (χ0n) is 16.4. The maximum atomic E-state index is 12.3. The molecule has 0 bridgehead atoms. The van der Waals surface area contributed by atoms with Gasteiger partial charge in [0.2, 0.25) is 11.8 Å². The maximum absolute atomic E-state index is 12.3. The van der Waals surface area contributed by atoms with Gasteiger partial charge in [0.05, 0.1) is 19.3 Å². The summed E-state index contributed by atoms with van der Waals surface area (Å²) in [6.45, 7) is 3.64. The number of carbonyl (C=O) groups excluding carboxylic acids is 2. The quantitative estimate of drug-likeness (QED) is 0.664. The van der Waals surface area contributed by atoms with E-state index in [1.165, 1.54) is 0 Å². The van der Waals surface area contributed by atoms with Crippen LogP contribution in [0.15, 0.2) is 24.3 Å². The molecule has 7 nitrogen and oxygen atoms in total. The SMILES string of the molecule is CCOCCN1C(=O)COCC1C(O)c1ccc(NC(=O)C2CCCC2)cc1. The molecule has 1 aliphatic carbocycles. The second-order valence-electron chi connectivity index (χ2n) is 7.40. The topological polar surface area (TPSA) is 88.1 Å². The highest BCUT2D eigenvalue weighted by atomic mass is 16.5. The Labute approximate surface area is 166 Å². The number of nitrogens with one attached hydrogen (secondary N) is 1. The van der Waals surface area contributed by atoms with Crippen molar-refractivity contribution < 1.29 is 24.2 Å². The third kappa shape index (κ3) is 5.10. The predicted octanol–water partition coefficient (Wildman–Crippen LogP) is 2.11. The van der Waals surface area contributed by atoms with E-state index >= 15 is 0 Å². The third-order valence-corrected chi connectivity index (χ3v) is 5.53. The second-order valence-corrected chi connectivity index (χ2v) is 7.40. The van der Waals surface area contributed by atoms with Crippen LogP contribution in [-0.4, -0.2) is 60.8 Å². The molecule has 154 valence electrons. The van der Waals surface area contributed by atoms with Crippen molar-refractivity contribution in [2.75, 3.05) is 38.3 Å². The molecule has 1 aliphatic heterocycles. The molecule has 1 saturated carbocycles. The van der Waals surface area contributed by atoms with Gasteiger partial charge in [0.25, 0.3) is 0 Å². The number of ether oxygens (including phenoxy) is 2. The summed E-state index contributed by atoms with van der Waals surface area (Å²) in [5.41, 5.74) is 1.40. The van der Waals surface area contributed by atoms with E-state index in [-0.39, 0.29) is 30.9 Å². The van der Waals surface area contributed by atoms with Crippen LogP contribution in [0.25, 0.3) is 0 Å². The minimum Gasteiger partial charge on any atom is -0.386 e. The van der Waals surface area contributed by atoms with Crippen molar-refractivity contribution in [3.05, 3.63) is 29.8 Å². The first-order valence-corrected chi connectivity index (χ1v) is 10.1. The van der Waals surface area contributed by atoms with Crippen LogP contribution in [-0.2, 0) is 19.1 Å². The molecule has 2 N–H and O–H groups in total. The lowest BCUT2D eigenvalue weighted by atomic mass is 10.00. The van der Waals surface area contributed by atoms with Gasteiger partial charge in [-0.1, -0.05) is 25.0 Å². The molecule has 0 aromatic heterocycles. The number of benzene rings is 1. The number of anilines is 1. The maximum Gasteiger partial charge on any atom is 0.249 e. The van der Waals surface area contributed by atoms with Crippen molar-refractivity contribution in [3.8, 4) is 0 Å². The highest BCUT2D eigenvalue weighted by Crippen LogP contribution is 2.28. The number of nitrogens with zero attached hydrogens (tertiary/aromatic N) is 1. The zero-order chi connectivity index (χ0) is 19.9. The number of morpholine rings is 1. The van der Waals surface area contributed by atoms with Gasteiger partial charge < -0.3 is 24.8 Å². The first-order chi connectivity index (χ1) is 13.6. The average molecular weight is 390 g/mol. The van der Waals surface area contributed by atoms with Crippen molar-refractivity contribution >= 4 is 17.5 Å². The van der Waals surface area contributed by atoms with Crippen molar-refractivity contribution in [3.63, 3.8) is 0 Å². The lowest BCUT2D eigenvalue weighted by molar-refractivity contribution is -0.155. The van der Waals surface area contributed by atoms with E-state index in [2.05, 4.69) is 5.32 Å². The van der Waals surface area contributed by atoms with Gasteiger partial charge in [0.1, 0.15) is 12.7 Å². The summed E-state index contributed by atoms with van der Waals surface area (Å²) < 4.78 is 10.7. The summed E-state index contributed by atoms with van der Waals surface area (Å²) in [4.78, 5) is 26.1. The Kier molecular flexibility index (Phi) is 7.42. The van der Waals surface area contributed by atoms with Gasteiger partial charge in [-0.15, -0.1) is 0 Å². The van der Waals surface area contributed by atoms with Gasteiger partial charge in [0, 0.05) is 24.8 Å². The fourth-order valence-electron chi connectivity index (χ4n) is 3.90. The Morgan fingerprint density at radius 2 is 2.04 bits per heavy atom. The van der Waals surface area contributed by atoms with E-state index in [0.29, 0.717) is 25.3 Å². The van der Waals surface area contributed by atoms with Crippen molar-refractivity contribution in [1.82, 2.24) is 4.90 Å². The molecule has 2 amide bonds. The first-order valence-electron chi connectivity index (χ1n) is 10.1. The Morgan fingerprint density at radius 1 is 1.32 bits per heavy atom. The van der Waals surface area contributed by atoms with Gasteiger partial charge in [-0.2, -0.15) is 0 Å². The van der Waals surface area contributed by atoms with Crippen LogP contribution < -0.4 is 5.32 Å². The van der Waals surface area contributed by atoms with Crippen molar-refractivity contribution in [2.45, 2.75) is 44.8 Å². The minimum absolute atomic E-state index is 0.0292. The molecule has 1 aromatic rings. The number of hydrogen-bond donors (Lipinski definition) is 2. The number of amides is 2. The lowest BCUT2D eigenvalue weighted by Gasteiger charge is -2.38. The summed E-state index contributed by atoms with van der Waals surface area (Å²) in [7, 11) is 0. The van der Waals surface area contributed by atoms with Crippen LogP contribution >= 0.6 is 0 Å². The molecule has 2 unspecified atom stereocenters. The van der Waals surface area contributed by atoms with Gasteiger partial charge in [-0.3, -0.25) is 9.59 Å². The van der Waals surface area contributed by atoms with Crippen LogP contribution in [0.5, 0.6) is 0 Å².